The molecule has 1 amide bonds. The smallest absolute Gasteiger partial charge is 0.220 e. The lowest BCUT2D eigenvalue weighted by Gasteiger charge is -2.19. The SMILES string of the molecule is CC/C=C\C/C=C\C/C=C\C/C=C\C/C=C\C/C=C\C/C=C\CCCC(=O)NC(CO)C(O)/C=C/CC/C=C/CCCCCCCCCCCCCCCCCCCCCCC. The van der Waals surface area contributed by atoms with Gasteiger partial charge in [-0.25, -0.2) is 0 Å². The van der Waals surface area contributed by atoms with Crippen LogP contribution < -0.4 is 5.32 Å². The Hall–Kier alpha value is -2.95. The lowest BCUT2D eigenvalue weighted by Crippen LogP contribution is -2.45. The summed E-state index contributed by atoms with van der Waals surface area (Å²) in [6.07, 6.45) is 79.5. The summed E-state index contributed by atoms with van der Waals surface area (Å²) in [6, 6.07) is -0.679. The molecule has 0 aliphatic heterocycles. The van der Waals surface area contributed by atoms with Gasteiger partial charge in [0.1, 0.15) is 0 Å². The second-order valence-corrected chi connectivity index (χ2v) is 17.2. The van der Waals surface area contributed by atoms with Crippen LogP contribution in [0.4, 0.5) is 0 Å². The molecular formula is C58H99NO3. The number of carbonyl (C=O) groups excluding carboxylic acids is 1. The minimum atomic E-state index is -0.895. The van der Waals surface area contributed by atoms with Crippen LogP contribution >= 0.6 is 0 Å². The fraction of sp³-hybridized carbons (Fsp3) is 0.672. The van der Waals surface area contributed by atoms with Gasteiger partial charge >= 0.3 is 0 Å². The summed E-state index contributed by atoms with van der Waals surface area (Å²) in [5.41, 5.74) is 0. The maximum atomic E-state index is 12.4. The predicted octanol–water partition coefficient (Wildman–Crippen LogP) is 17.1. The predicted molar refractivity (Wildman–Crippen MR) is 276 cm³/mol. The summed E-state index contributed by atoms with van der Waals surface area (Å²) in [4.78, 5) is 12.4. The first-order chi connectivity index (χ1) is 30.7. The maximum Gasteiger partial charge on any atom is 0.220 e. The molecule has 0 rings (SSSR count). The molecular weight excluding hydrogens is 759 g/mol. The molecule has 62 heavy (non-hydrogen) atoms. The topological polar surface area (TPSA) is 69.6 Å². The van der Waals surface area contributed by atoms with Crippen molar-refractivity contribution in [1.29, 1.82) is 0 Å². The van der Waals surface area contributed by atoms with Gasteiger partial charge in [0.25, 0.3) is 0 Å². The van der Waals surface area contributed by atoms with Crippen LogP contribution in [0, 0.1) is 0 Å². The molecule has 0 saturated carbocycles. The van der Waals surface area contributed by atoms with Crippen molar-refractivity contribution in [3.05, 3.63) is 109 Å². The quantitative estimate of drug-likeness (QED) is 0.0422. The van der Waals surface area contributed by atoms with E-state index >= 15 is 0 Å². The van der Waals surface area contributed by atoms with E-state index < -0.39 is 12.1 Å². The van der Waals surface area contributed by atoms with Gasteiger partial charge < -0.3 is 15.5 Å². The van der Waals surface area contributed by atoms with Crippen molar-refractivity contribution in [2.24, 2.45) is 0 Å². The number of aliphatic hydroxyl groups excluding tert-OH is 2. The van der Waals surface area contributed by atoms with E-state index in [4.69, 9.17) is 0 Å². The average Bonchev–Trinajstić information content (AvgIpc) is 3.28. The zero-order chi connectivity index (χ0) is 44.9. The van der Waals surface area contributed by atoms with Crippen molar-refractivity contribution < 1.29 is 15.0 Å². The Morgan fingerprint density at radius 3 is 1.13 bits per heavy atom. The highest BCUT2D eigenvalue weighted by Crippen LogP contribution is 2.15. The summed E-state index contributed by atoms with van der Waals surface area (Å²) < 4.78 is 0. The molecule has 2 atom stereocenters. The molecule has 0 bridgehead atoms. The summed E-state index contributed by atoms with van der Waals surface area (Å²) in [5, 5.41) is 23.0. The molecule has 3 N–H and O–H groups in total. The van der Waals surface area contributed by atoms with Gasteiger partial charge in [0.2, 0.25) is 5.91 Å². The van der Waals surface area contributed by atoms with E-state index in [9.17, 15) is 15.0 Å². The highest BCUT2D eigenvalue weighted by atomic mass is 16.3. The zero-order valence-electron chi connectivity index (χ0n) is 40.6. The van der Waals surface area contributed by atoms with E-state index in [1.807, 2.05) is 6.08 Å². The molecule has 0 fully saturated rings. The summed E-state index contributed by atoms with van der Waals surface area (Å²) in [6.45, 7) is 4.16. The Labute approximate surface area is 385 Å². The Morgan fingerprint density at radius 2 is 0.726 bits per heavy atom. The standard InChI is InChI=1S/C58H99NO3/c1-3-5-7-9-11-13-15-17-19-21-23-25-27-28-29-30-32-33-35-37-39-41-43-45-47-49-51-53-57(61)56(55-60)59-58(62)54-52-50-48-46-44-42-40-38-36-34-31-26-24-22-20-18-16-14-12-10-8-6-4-2/h6,8,12,14,18,20,24,26,34,36,40,42-43,45-46,48,51,53,56-57,60-61H,3-5,7,9-11,13,15-17,19,21-23,25,27-33,35,37-39,41,44,47,49-50,52,54-55H2,1-2H3,(H,59,62)/b8-6-,14-12-,20-18-,26-24-,36-34-,42-40-,45-43+,48-46-,53-51+. The molecule has 2 unspecified atom stereocenters. The van der Waals surface area contributed by atoms with E-state index in [0.29, 0.717) is 6.42 Å². The van der Waals surface area contributed by atoms with Crippen LogP contribution in [0.25, 0.3) is 0 Å². The summed E-state index contributed by atoms with van der Waals surface area (Å²) in [5.74, 6) is -0.134. The van der Waals surface area contributed by atoms with Crippen LogP contribution in [0.1, 0.15) is 232 Å². The van der Waals surface area contributed by atoms with Gasteiger partial charge in [0, 0.05) is 6.42 Å². The first-order valence-corrected chi connectivity index (χ1v) is 26.1. The van der Waals surface area contributed by atoms with E-state index in [2.05, 4.69) is 116 Å². The van der Waals surface area contributed by atoms with Crippen molar-refractivity contribution in [1.82, 2.24) is 5.32 Å². The van der Waals surface area contributed by atoms with Crippen LogP contribution in [-0.4, -0.2) is 34.9 Å². The number of allylic oxidation sites excluding steroid dienone is 17. The van der Waals surface area contributed by atoms with Gasteiger partial charge in [-0.1, -0.05) is 252 Å². The molecule has 0 saturated heterocycles. The van der Waals surface area contributed by atoms with Crippen molar-refractivity contribution in [3.63, 3.8) is 0 Å². The third kappa shape index (κ3) is 48.1. The molecule has 0 radical (unpaired) electrons. The number of carbonyl (C=O) groups is 1. The van der Waals surface area contributed by atoms with E-state index in [1.54, 1.807) is 6.08 Å². The number of hydrogen-bond acceptors (Lipinski definition) is 3. The summed E-state index contributed by atoms with van der Waals surface area (Å²) in [7, 11) is 0. The number of unbranched alkanes of at least 4 members (excludes halogenated alkanes) is 23. The highest BCUT2D eigenvalue weighted by Gasteiger charge is 2.17. The monoisotopic (exact) mass is 858 g/mol. The van der Waals surface area contributed by atoms with Gasteiger partial charge in [0.15, 0.2) is 0 Å². The molecule has 4 nitrogen and oxygen atoms in total. The minimum Gasteiger partial charge on any atom is -0.394 e. The highest BCUT2D eigenvalue weighted by molar-refractivity contribution is 5.76. The molecule has 0 aromatic heterocycles. The molecule has 0 spiro atoms. The van der Waals surface area contributed by atoms with Crippen LogP contribution in [0.5, 0.6) is 0 Å². The normalized spacial score (nSPS) is 13.8. The second kappa shape index (κ2) is 52.4. The fourth-order valence-corrected chi connectivity index (χ4v) is 7.30. The van der Waals surface area contributed by atoms with Crippen molar-refractivity contribution in [2.75, 3.05) is 6.61 Å². The van der Waals surface area contributed by atoms with Crippen LogP contribution in [0.15, 0.2) is 109 Å². The molecule has 354 valence electrons. The molecule has 0 aromatic rings. The maximum absolute atomic E-state index is 12.4. The van der Waals surface area contributed by atoms with Gasteiger partial charge in [-0.3, -0.25) is 4.79 Å². The number of aliphatic hydroxyl groups is 2. The molecule has 0 aliphatic carbocycles. The number of rotatable bonds is 46. The van der Waals surface area contributed by atoms with E-state index in [0.717, 1.165) is 77.0 Å². The van der Waals surface area contributed by atoms with Crippen LogP contribution in [0.3, 0.4) is 0 Å². The van der Waals surface area contributed by atoms with Crippen molar-refractivity contribution in [3.8, 4) is 0 Å². The van der Waals surface area contributed by atoms with Crippen LogP contribution in [-0.2, 0) is 4.79 Å². The van der Waals surface area contributed by atoms with Gasteiger partial charge in [0.05, 0.1) is 18.8 Å². The Bertz CT molecular complexity index is 1200. The fourth-order valence-electron chi connectivity index (χ4n) is 7.30. The van der Waals surface area contributed by atoms with Gasteiger partial charge in [-0.15, -0.1) is 0 Å². The number of nitrogens with one attached hydrogen (secondary N) is 1. The first-order valence-electron chi connectivity index (χ1n) is 26.1. The van der Waals surface area contributed by atoms with Crippen molar-refractivity contribution >= 4 is 5.91 Å². The summed E-state index contributed by atoms with van der Waals surface area (Å²) >= 11 is 0. The lowest BCUT2D eigenvalue weighted by molar-refractivity contribution is -0.122. The molecule has 0 aromatic carbocycles. The molecule has 0 heterocycles. The first kappa shape index (κ1) is 59.0. The average molecular weight is 858 g/mol. The third-order valence-corrected chi connectivity index (χ3v) is 11.2. The second-order valence-electron chi connectivity index (χ2n) is 17.2. The van der Waals surface area contributed by atoms with Crippen molar-refractivity contribution in [2.45, 2.75) is 244 Å². The Morgan fingerprint density at radius 1 is 0.403 bits per heavy atom. The largest absolute Gasteiger partial charge is 0.394 e. The van der Waals surface area contributed by atoms with Gasteiger partial charge in [-0.2, -0.15) is 0 Å². The molecule has 4 heteroatoms. The zero-order valence-corrected chi connectivity index (χ0v) is 40.6. The minimum absolute atomic E-state index is 0.134. The van der Waals surface area contributed by atoms with Gasteiger partial charge in [-0.05, 0) is 83.5 Å². The Kier molecular flexibility index (Phi) is 49.9. The molecule has 0 aliphatic rings. The van der Waals surface area contributed by atoms with E-state index in [-0.39, 0.29) is 12.5 Å². The van der Waals surface area contributed by atoms with E-state index in [1.165, 1.54) is 135 Å². The lowest BCUT2D eigenvalue weighted by atomic mass is 10.0. The third-order valence-electron chi connectivity index (χ3n) is 11.2. The number of amides is 1. The van der Waals surface area contributed by atoms with Crippen LogP contribution in [0.2, 0.25) is 0 Å². The Balaban J connectivity index is 3.69. The number of hydrogen-bond donors (Lipinski definition) is 3.